The van der Waals surface area contributed by atoms with Crippen molar-refractivity contribution in [3.05, 3.63) is 41.1 Å². The summed E-state index contributed by atoms with van der Waals surface area (Å²) in [6.07, 6.45) is 1.67. The Morgan fingerprint density at radius 1 is 1.28 bits per heavy atom. The molecule has 0 aliphatic carbocycles. The summed E-state index contributed by atoms with van der Waals surface area (Å²) in [5.41, 5.74) is 0.974. The van der Waals surface area contributed by atoms with Crippen molar-refractivity contribution in [2.45, 2.75) is 0 Å². The van der Waals surface area contributed by atoms with Crippen LogP contribution >= 0.6 is 15.9 Å². The predicted octanol–water partition coefficient (Wildman–Crippen LogP) is 3.65. The summed E-state index contributed by atoms with van der Waals surface area (Å²) in [7, 11) is 4.05. The van der Waals surface area contributed by atoms with Crippen LogP contribution in [0.1, 0.15) is 0 Å². The van der Waals surface area contributed by atoms with Crippen molar-refractivity contribution < 1.29 is 9.15 Å². The van der Waals surface area contributed by atoms with Gasteiger partial charge < -0.3 is 14.1 Å². The van der Waals surface area contributed by atoms with Crippen LogP contribution in [-0.2, 0) is 0 Å². The van der Waals surface area contributed by atoms with E-state index in [1.165, 1.54) is 0 Å². The first-order valence-electron chi connectivity index (χ1n) is 5.78. The Morgan fingerprint density at radius 3 is 2.78 bits per heavy atom. The van der Waals surface area contributed by atoms with E-state index in [2.05, 4.69) is 20.8 Å². The maximum Gasteiger partial charge on any atom is 0.137 e. The van der Waals surface area contributed by atoms with Crippen LogP contribution in [0, 0.1) is 0 Å². The Labute approximate surface area is 115 Å². The number of rotatable bonds is 5. The summed E-state index contributed by atoms with van der Waals surface area (Å²) in [5.74, 6) is 1.66. The first-order valence-corrected chi connectivity index (χ1v) is 6.57. The van der Waals surface area contributed by atoms with E-state index in [1.54, 1.807) is 6.26 Å². The van der Waals surface area contributed by atoms with Crippen molar-refractivity contribution in [1.29, 1.82) is 0 Å². The van der Waals surface area contributed by atoms with Gasteiger partial charge in [0.15, 0.2) is 0 Å². The average molecular weight is 310 g/mol. The van der Waals surface area contributed by atoms with Gasteiger partial charge >= 0.3 is 0 Å². The molecule has 0 bridgehead atoms. The van der Waals surface area contributed by atoms with Gasteiger partial charge in [0.05, 0.1) is 11.8 Å². The first-order chi connectivity index (χ1) is 8.66. The van der Waals surface area contributed by atoms with E-state index in [9.17, 15) is 0 Å². The largest absolute Gasteiger partial charge is 0.491 e. The molecule has 0 amide bonds. The van der Waals surface area contributed by atoms with Gasteiger partial charge in [-0.3, -0.25) is 0 Å². The number of furan rings is 1. The molecule has 0 saturated heterocycles. The SMILES string of the molecule is CN(C)CCOc1cc(Br)ccc1-c1ccco1. The quantitative estimate of drug-likeness (QED) is 0.843. The highest BCUT2D eigenvalue weighted by molar-refractivity contribution is 9.10. The molecule has 0 fully saturated rings. The van der Waals surface area contributed by atoms with Crippen molar-refractivity contribution in [2.24, 2.45) is 0 Å². The lowest BCUT2D eigenvalue weighted by Crippen LogP contribution is -2.19. The fourth-order valence-electron chi connectivity index (χ4n) is 1.59. The molecule has 1 heterocycles. The summed E-state index contributed by atoms with van der Waals surface area (Å²) in [6.45, 7) is 1.53. The van der Waals surface area contributed by atoms with Crippen molar-refractivity contribution in [2.75, 3.05) is 27.2 Å². The van der Waals surface area contributed by atoms with Crippen molar-refractivity contribution >= 4 is 15.9 Å². The minimum Gasteiger partial charge on any atom is -0.491 e. The molecular formula is C14H16BrNO2. The molecule has 0 aliphatic heterocycles. The highest BCUT2D eigenvalue weighted by atomic mass is 79.9. The Bertz CT molecular complexity index is 495. The summed E-state index contributed by atoms with van der Waals surface area (Å²) >= 11 is 3.46. The number of nitrogens with zero attached hydrogens (tertiary/aromatic N) is 1. The molecule has 3 nitrogen and oxygen atoms in total. The minimum absolute atomic E-state index is 0.650. The Hall–Kier alpha value is -1.26. The van der Waals surface area contributed by atoms with E-state index in [-0.39, 0.29) is 0 Å². The van der Waals surface area contributed by atoms with E-state index >= 15 is 0 Å². The van der Waals surface area contributed by atoms with Gasteiger partial charge in [0.25, 0.3) is 0 Å². The number of hydrogen-bond acceptors (Lipinski definition) is 3. The van der Waals surface area contributed by atoms with Crippen LogP contribution in [0.15, 0.2) is 45.5 Å². The van der Waals surface area contributed by atoms with Gasteiger partial charge in [-0.05, 0) is 44.4 Å². The van der Waals surface area contributed by atoms with Crippen LogP contribution in [0.4, 0.5) is 0 Å². The third-order valence-corrected chi connectivity index (χ3v) is 3.02. The van der Waals surface area contributed by atoms with Gasteiger partial charge in [0.2, 0.25) is 0 Å². The highest BCUT2D eigenvalue weighted by Gasteiger charge is 2.09. The molecule has 1 aromatic carbocycles. The predicted molar refractivity (Wildman–Crippen MR) is 75.9 cm³/mol. The van der Waals surface area contributed by atoms with Crippen LogP contribution in [0.2, 0.25) is 0 Å². The summed E-state index contributed by atoms with van der Waals surface area (Å²) < 4.78 is 12.2. The molecule has 0 unspecified atom stereocenters. The topological polar surface area (TPSA) is 25.6 Å². The lowest BCUT2D eigenvalue weighted by atomic mass is 10.1. The summed E-state index contributed by atoms with van der Waals surface area (Å²) in [5, 5.41) is 0. The third-order valence-electron chi connectivity index (χ3n) is 2.53. The molecule has 0 aliphatic rings. The second-order valence-corrected chi connectivity index (χ2v) is 5.19. The Morgan fingerprint density at radius 2 is 2.11 bits per heavy atom. The average Bonchev–Trinajstić information content (AvgIpc) is 2.82. The van der Waals surface area contributed by atoms with Gasteiger partial charge in [-0.15, -0.1) is 0 Å². The molecule has 0 radical (unpaired) electrons. The molecule has 0 spiro atoms. The number of benzene rings is 1. The normalized spacial score (nSPS) is 10.9. The highest BCUT2D eigenvalue weighted by Crippen LogP contribution is 2.32. The number of hydrogen-bond donors (Lipinski definition) is 0. The molecule has 0 atom stereocenters. The van der Waals surface area contributed by atoms with Gasteiger partial charge in [-0.25, -0.2) is 0 Å². The fraction of sp³-hybridized carbons (Fsp3) is 0.286. The maximum absolute atomic E-state index is 5.82. The van der Waals surface area contributed by atoms with Crippen LogP contribution in [0.5, 0.6) is 5.75 Å². The van der Waals surface area contributed by atoms with Crippen molar-refractivity contribution in [1.82, 2.24) is 4.90 Å². The number of halogens is 1. The third kappa shape index (κ3) is 3.37. The van der Waals surface area contributed by atoms with E-state index in [0.29, 0.717) is 6.61 Å². The van der Waals surface area contributed by atoms with Gasteiger partial charge in [0, 0.05) is 11.0 Å². The van der Waals surface area contributed by atoms with E-state index in [0.717, 1.165) is 28.1 Å². The summed E-state index contributed by atoms with van der Waals surface area (Å²) in [4.78, 5) is 2.09. The van der Waals surface area contributed by atoms with Gasteiger partial charge in [-0.2, -0.15) is 0 Å². The van der Waals surface area contributed by atoms with E-state index < -0.39 is 0 Å². The minimum atomic E-state index is 0.650. The molecule has 96 valence electrons. The lowest BCUT2D eigenvalue weighted by Gasteiger charge is -2.13. The van der Waals surface area contributed by atoms with E-state index in [4.69, 9.17) is 9.15 Å². The first kappa shape index (κ1) is 13.2. The molecule has 18 heavy (non-hydrogen) atoms. The molecule has 2 aromatic rings. The lowest BCUT2D eigenvalue weighted by molar-refractivity contribution is 0.261. The zero-order chi connectivity index (χ0) is 13.0. The van der Waals surface area contributed by atoms with Gasteiger partial charge in [-0.1, -0.05) is 15.9 Å². The molecule has 1 aromatic heterocycles. The van der Waals surface area contributed by atoms with Crippen molar-refractivity contribution in [3.8, 4) is 17.1 Å². The zero-order valence-electron chi connectivity index (χ0n) is 10.5. The van der Waals surface area contributed by atoms with Crippen LogP contribution in [0.25, 0.3) is 11.3 Å². The fourth-order valence-corrected chi connectivity index (χ4v) is 1.93. The Kier molecular flexibility index (Phi) is 4.44. The van der Waals surface area contributed by atoms with Gasteiger partial charge in [0.1, 0.15) is 18.1 Å². The molecule has 0 saturated carbocycles. The monoisotopic (exact) mass is 309 g/mol. The summed E-state index contributed by atoms with van der Waals surface area (Å²) in [6, 6.07) is 9.75. The van der Waals surface area contributed by atoms with Crippen LogP contribution in [-0.4, -0.2) is 32.1 Å². The number of likely N-dealkylation sites (N-methyl/N-ethyl adjacent to an activating group) is 1. The van der Waals surface area contributed by atoms with Crippen molar-refractivity contribution in [3.63, 3.8) is 0 Å². The maximum atomic E-state index is 5.82. The second-order valence-electron chi connectivity index (χ2n) is 4.27. The molecule has 0 N–H and O–H groups in total. The molecule has 2 rings (SSSR count). The molecule has 4 heteroatoms. The van der Waals surface area contributed by atoms with E-state index in [1.807, 2.05) is 44.4 Å². The zero-order valence-corrected chi connectivity index (χ0v) is 12.1. The second kappa shape index (κ2) is 6.07. The Balaban J connectivity index is 2.19. The molecular weight excluding hydrogens is 294 g/mol. The smallest absolute Gasteiger partial charge is 0.137 e. The van der Waals surface area contributed by atoms with Crippen LogP contribution in [0.3, 0.4) is 0 Å². The number of ether oxygens (including phenoxy) is 1. The van der Waals surface area contributed by atoms with Crippen LogP contribution < -0.4 is 4.74 Å². The standard InChI is InChI=1S/C14H16BrNO2/c1-16(2)7-9-18-14-10-11(15)5-6-12(14)13-4-3-8-17-13/h3-6,8,10H,7,9H2,1-2H3.